The fraction of sp³-hybridized carbons (Fsp3) is 0.130. The van der Waals surface area contributed by atoms with E-state index in [1.165, 1.54) is 0 Å². The van der Waals surface area contributed by atoms with Crippen LogP contribution in [0.5, 0.6) is 5.75 Å². The number of nitrogens with zero attached hydrogens (tertiary/aromatic N) is 1. The van der Waals surface area contributed by atoms with Gasteiger partial charge >= 0.3 is 0 Å². The number of rotatable bonds is 7. The van der Waals surface area contributed by atoms with E-state index in [0.29, 0.717) is 10.8 Å². The Morgan fingerprint density at radius 2 is 1.62 bits per heavy atom. The molecule has 0 spiro atoms. The van der Waals surface area contributed by atoms with Crippen molar-refractivity contribution in [2.45, 2.75) is 12.8 Å². The molecule has 0 aromatic heterocycles. The van der Waals surface area contributed by atoms with Crippen molar-refractivity contribution in [1.82, 2.24) is 5.43 Å². The van der Waals surface area contributed by atoms with E-state index < -0.39 is 0 Å². The normalized spacial score (nSPS) is 11.4. The third-order valence-electron chi connectivity index (χ3n) is 4.29. The Labute approximate surface area is 183 Å². The van der Waals surface area contributed by atoms with Gasteiger partial charge in [0, 0.05) is 16.1 Å². The molecule has 1 N–H and O–H groups in total. The van der Waals surface area contributed by atoms with E-state index in [9.17, 15) is 4.79 Å². The molecule has 1 amide bonds. The highest BCUT2D eigenvalue weighted by molar-refractivity contribution is 9.10. The highest BCUT2D eigenvalue weighted by atomic mass is 79.9. The molecule has 0 unspecified atom stereocenters. The number of benzene rings is 3. The summed E-state index contributed by atoms with van der Waals surface area (Å²) in [7, 11) is 0. The molecule has 0 heterocycles. The van der Waals surface area contributed by atoms with Crippen LogP contribution in [0, 0.1) is 0 Å². The topological polar surface area (TPSA) is 50.7 Å². The minimum Gasteiger partial charge on any atom is -0.482 e. The van der Waals surface area contributed by atoms with Crippen LogP contribution < -0.4 is 10.2 Å². The van der Waals surface area contributed by atoms with Crippen LogP contribution in [-0.4, -0.2) is 18.2 Å². The zero-order valence-electron chi connectivity index (χ0n) is 15.8. The lowest BCUT2D eigenvalue weighted by Gasteiger charge is -2.18. The molecule has 0 aliphatic carbocycles. The van der Waals surface area contributed by atoms with Crippen LogP contribution in [0.2, 0.25) is 5.02 Å². The van der Waals surface area contributed by atoms with Crippen LogP contribution in [0.3, 0.4) is 0 Å². The fourth-order valence-corrected chi connectivity index (χ4v) is 3.68. The molecule has 3 aromatic rings. The molecular weight excluding hydrogens is 452 g/mol. The number of hydrazone groups is 1. The zero-order valence-corrected chi connectivity index (χ0v) is 18.2. The first-order valence-corrected chi connectivity index (χ1v) is 10.2. The maximum Gasteiger partial charge on any atom is 0.277 e. The molecule has 0 atom stereocenters. The fourth-order valence-electron chi connectivity index (χ4n) is 2.95. The molecule has 0 saturated heterocycles. The minimum atomic E-state index is -0.358. The molecule has 3 rings (SSSR count). The average Bonchev–Trinajstić information content (AvgIpc) is 2.73. The highest BCUT2D eigenvalue weighted by Crippen LogP contribution is 2.28. The zero-order chi connectivity index (χ0) is 20.6. The van der Waals surface area contributed by atoms with Crippen molar-refractivity contribution in [3.8, 4) is 5.75 Å². The predicted molar refractivity (Wildman–Crippen MR) is 121 cm³/mol. The molecule has 0 aliphatic heterocycles. The summed E-state index contributed by atoms with van der Waals surface area (Å²) in [6.07, 6.45) is 0. The first-order chi connectivity index (χ1) is 14.0. The highest BCUT2D eigenvalue weighted by Gasteiger charge is 2.17. The summed E-state index contributed by atoms with van der Waals surface area (Å²) < 4.78 is 6.32. The van der Waals surface area contributed by atoms with Gasteiger partial charge in [-0.15, -0.1) is 0 Å². The summed E-state index contributed by atoms with van der Waals surface area (Å²) in [5.74, 6) is 0.0277. The van der Waals surface area contributed by atoms with Gasteiger partial charge in [0.25, 0.3) is 5.91 Å². The van der Waals surface area contributed by atoms with Gasteiger partial charge in [0.05, 0.1) is 5.02 Å². The van der Waals surface area contributed by atoms with Gasteiger partial charge in [-0.25, -0.2) is 5.43 Å². The third-order valence-corrected chi connectivity index (χ3v) is 5.08. The van der Waals surface area contributed by atoms with Crippen LogP contribution in [0.1, 0.15) is 24.0 Å². The van der Waals surface area contributed by atoms with Crippen molar-refractivity contribution in [3.05, 3.63) is 99.5 Å². The van der Waals surface area contributed by atoms with Gasteiger partial charge < -0.3 is 4.74 Å². The first-order valence-electron chi connectivity index (χ1n) is 9.05. The van der Waals surface area contributed by atoms with Crippen LogP contribution in [0.25, 0.3) is 0 Å². The Morgan fingerprint density at radius 3 is 2.17 bits per heavy atom. The Kier molecular flexibility index (Phi) is 7.44. The van der Waals surface area contributed by atoms with Gasteiger partial charge in [0.2, 0.25) is 0 Å². The number of amides is 1. The molecule has 148 valence electrons. The van der Waals surface area contributed by atoms with Crippen molar-refractivity contribution in [2.24, 2.45) is 5.10 Å². The molecule has 6 heteroatoms. The summed E-state index contributed by atoms with van der Waals surface area (Å²) in [5, 5.41) is 4.75. The molecule has 0 saturated carbocycles. The van der Waals surface area contributed by atoms with Crippen LogP contribution in [0.4, 0.5) is 0 Å². The smallest absolute Gasteiger partial charge is 0.277 e. The minimum absolute atomic E-state index is 0.0560. The van der Waals surface area contributed by atoms with Crippen molar-refractivity contribution in [3.63, 3.8) is 0 Å². The first kappa shape index (κ1) is 21.1. The van der Waals surface area contributed by atoms with Gasteiger partial charge in [0.1, 0.15) is 5.75 Å². The lowest BCUT2D eigenvalue weighted by Crippen LogP contribution is -2.26. The van der Waals surface area contributed by atoms with Gasteiger partial charge in [-0.2, -0.15) is 5.10 Å². The second-order valence-corrected chi connectivity index (χ2v) is 7.73. The summed E-state index contributed by atoms with van der Waals surface area (Å²) in [6.45, 7) is 1.72. The average molecular weight is 472 g/mol. The van der Waals surface area contributed by atoms with E-state index in [0.717, 1.165) is 21.3 Å². The largest absolute Gasteiger partial charge is 0.482 e. The number of ether oxygens (including phenoxy) is 1. The Hall–Kier alpha value is -2.63. The maximum atomic E-state index is 12.2. The van der Waals surface area contributed by atoms with Crippen LogP contribution in [0.15, 0.2) is 88.4 Å². The number of hydrogen-bond donors (Lipinski definition) is 1. The van der Waals surface area contributed by atoms with Crippen molar-refractivity contribution < 1.29 is 9.53 Å². The van der Waals surface area contributed by atoms with Gasteiger partial charge in [-0.05, 0) is 36.2 Å². The Bertz CT molecular complexity index is 955. The monoisotopic (exact) mass is 470 g/mol. The van der Waals surface area contributed by atoms with E-state index in [-0.39, 0.29) is 18.4 Å². The molecule has 29 heavy (non-hydrogen) atoms. The van der Waals surface area contributed by atoms with Gasteiger partial charge in [-0.3, -0.25) is 4.79 Å². The summed E-state index contributed by atoms with van der Waals surface area (Å²) in [4.78, 5) is 12.2. The van der Waals surface area contributed by atoms with Crippen molar-refractivity contribution in [1.29, 1.82) is 0 Å². The molecule has 3 aromatic carbocycles. The lowest BCUT2D eigenvalue weighted by atomic mass is 9.88. The van der Waals surface area contributed by atoms with E-state index >= 15 is 0 Å². The van der Waals surface area contributed by atoms with E-state index in [1.54, 1.807) is 18.2 Å². The number of nitrogens with one attached hydrogen (secondary N) is 1. The molecule has 0 fully saturated rings. The number of carbonyl (C=O) groups is 1. The molecule has 4 nitrogen and oxygen atoms in total. The SMILES string of the molecule is C/C(=N\NC(=O)COc1ccc(Br)cc1Cl)C(c1ccccc1)c1ccccc1. The number of carbonyl (C=O) groups excluding carboxylic acids is 1. The second-order valence-electron chi connectivity index (χ2n) is 6.41. The summed E-state index contributed by atoms with van der Waals surface area (Å²) in [6, 6.07) is 25.3. The van der Waals surface area contributed by atoms with Gasteiger partial charge in [0.15, 0.2) is 6.61 Å². The van der Waals surface area contributed by atoms with E-state index in [2.05, 4.69) is 50.7 Å². The predicted octanol–water partition coefficient (Wildman–Crippen LogP) is 5.81. The standard InChI is InChI=1S/C23H20BrClN2O2/c1-16(23(17-8-4-2-5-9-17)18-10-6-3-7-11-18)26-27-22(28)15-29-21-13-12-19(24)14-20(21)25/h2-14,23H,15H2,1H3,(H,27,28)/b26-16+. The maximum absolute atomic E-state index is 12.2. The van der Waals surface area contributed by atoms with E-state index in [1.807, 2.05) is 43.3 Å². The van der Waals surface area contributed by atoms with Crippen LogP contribution >= 0.6 is 27.5 Å². The quantitative estimate of drug-likeness (QED) is 0.349. The number of halogens is 2. The second kappa shape index (κ2) is 10.2. The van der Waals surface area contributed by atoms with Crippen molar-refractivity contribution in [2.75, 3.05) is 6.61 Å². The lowest BCUT2D eigenvalue weighted by molar-refractivity contribution is -0.123. The summed E-state index contributed by atoms with van der Waals surface area (Å²) in [5.41, 5.74) is 5.56. The molecule has 0 radical (unpaired) electrons. The molecule has 0 bridgehead atoms. The Morgan fingerprint density at radius 1 is 1.03 bits per heavy atom. The molecular formula is C23H20BrClN2O2. The third kappa shape index (κ3) is 5.92. The van der Waals surface area contributed by atoms with Crippen LogP contribution in [-0.2, 0) is 4.79 Å². The van der Waals surface area contributed by atoms with Crippen molar-refractivity contribution >= 4 is 39.1 Å². The van der Waals surface area contributed by atoms with E-state index in [4.69, 9.17) is 16.3 Å². The van der Waals surface area contributed by atoms with Gasteiger partial charge in [-0.1, -0.05) is 88.2 Å². The molecule has 0 aliphatic rings. The summed E-state index contributed by atoms with van der Waals surface area (Å²) >= 11 is 9.44. The number of hydrogen-bond acceptors (Lipinski definition) is 3. The Balaban J connectivity index is 1.69.